The first-order valence-corrected chi connectivity index (χ1v) is 14.0. The lowest BCUT2D eigenvalue weighted by Crippen LogP contribution is -2.41. The number of hydrogen-bond acceptors (Lipinski definition) is 4. The smallest absolute Gasteiger partial charge is 0.399 e. The van der Waals surface area contributed by atoms with Gasteiger partial charge in [0.05, 0.1) is 16.9 Å². The summed E-state index contributed by atoms with van der Waals surface area (Å²) in [6.07, 6.45) is 1.61. The zero-order chi connectivity index (χ0) is 22.3. The number of aromatic nitrogens is 2. The van der Waals surface area contributed by atoms with Gasteiger partial charge in [0.15, 0.2) is 0 Å². The van der Waals surface area contributed by atoms with Crippen LogP contribution in [0.25, 0.3) is 11.3 Å². The molecule has 1 aliphatic heterocycles. The summed E-state index contributed by atoms with van der Waals surface area (Å²) in [6, 6.07) is 4.52. The van der Waals surface area contributed by atoms with E-state index < -0.39 is 38.0 Å². The summed E-state index contributed by atoms with van der Waals surface area (Å²) in [5, 5.41) is 4.41. The summed E-state index contributed by atoms with van der Waals surface area (Å²) in [5.74, 6) is -1.30. The van der Waals surface area contributed by atoms with Crippen molar-refractivity contribution in [2.75, 3.05) is 6.61 Å². The van der Waals surface area contributed by atoms with Gasteiger partial charge in [-0.05, 0) is 45.9 Å². The molecule has 0 saturated carbocycles. The van der Waals surface area contributed by atoms with Crippen LogP contribution in [0.5, 0.6) is 0 Å². The fourth-order valence-corrected chi connectivity index (χ4v) is 3.90. The first-order valence-electron chi connectivity index (χ1n) is 10.3. The molecule has 30 heavy (non-hydrogen) atoms. The van der Waals surface area contributed by atoms with Crippen LogP contribution >= 0.6 is 0 Å². The Morgan fingerprint density at radius 2 is 1.73 bits per heavy atom. The van der Waals surface area contributed by atoms with Gasteiger partial charge in [0.2, 0.25) is 0 Å². The molecule has 0 atom stereocenters. The van der Waals surface area contributed by atoms with Crippen LogP contribution in [0.3, 0.4) is 0 Å². The molecule has 0 aliphatic carbocycles. The van der Waals surface area contributed by atoms with E-state index >= 15 is 0 Å². The maximum atomic E-state index is 14.7. The molecule has 1 saturated heterocycles. The maximum Gasteiger partial charge on any atom is 0.498 e. The summed E-state index contributed by atoms with van der Waals surface area (Å²) in [6.45, 7) is 15.4. The Kier molecular flexibility index (Phi) is 6.31. The van der Waals surface area contributed by atoms with Crippen LogP contribution in [-0.2, 0) is 20.8 Å². The summed E-state index contributed by atoms with van der Waals surface area (Å²) in [7, 11) is -1.95. The van der Waals surface area contributed by atoms with E-state index in [0.29, 0.717) is 17.8 Å². The molecule has 5 nitrogen and oxygen atoms in total. The van der Waals surface area contributed by atoms with Gasteiger partial charge in [0.1, 0.15) is 18.4 Å². The first-order chi connectivity index (χ1) is 13.8. The van der Waals surface area contributed by atoms with E-state index in [1.807, 2.05) is 27.7 Å². The van der Waals surface area contributed by atoms with E-state index in [1.165, 1.54) is 12.1 Å². The van der Waals surface area contributed by atoms with E-state index in [4.69, 9.17) is 14.0 Å². The molecule has 1 fully saturated rings. The number of benzene rings is 1. The molecule has 1 aromatic heterocycles. The third-order valence-electron chi connectivity index (χ3n) is 5.77. The molecule has 3 rings (SSSR count). The molecule has 164 valence electrons. The highest BCUT2D eigenvalue weighted by Crippen LogP contribution is 2.37. The largest absolute Gasteiger partial charge is 0.498 e. The van der Waals surface area contributed by atoms with Crippen LogP contribution in [0.2, 0.25) is 25.7 Å². The standard InChI is InChI=1S/C21H31BF2N2O3Si/c1-20(2)21(3,4)29-22(28-20)17-13-25-26(14-27-10-11-30(5,6)7)19(17)16-9-8-15(23)12-18(16)24/h8-9,12-13H,10-11,14H2,1-7H3. The molecule has 0 N–H and O–H groups in total. The minimum absolute atomic E-state index is 0.163. The minimum Gasteiger partial charge on any atom is -0.399 e. The van der Waals surface area contributed by atoms with Crippen molar-refractivity contribution in [1.82, 2.24) is 9.78 Å². The van der Waals surface area contributed by atoms with Gasteiger partial charge in [-0.15, -0.1) is 0 Å². The lowest BCUT2D eigenvalue weighted by atomic mass is 9.78. The Balaban J connectivity index is 1.95. The quantitative estimate of drug-likeness (QED) is 0.476. The van der Waals surface area contributed by atoms with Crippen molar-refractivity contribution < 1.29 is 22.8 Å². The van der Waals surface area contributed by atoms with E-state index in [9.17, 15) is 8.78 Å². The van der Waals surface area contributed by atoms with Gasteiger partial charge in [0, 0.05) is 38.0 Å². The molecule has 0 unspecified atom stereocenters. The molecular formula is C21H31BF2N2O3Si. The molecule has 0 spiro atoms. The monoisotopic (exact) mass is 436 g/mol. The molecule has 0 amide bonds. The van der Waals surface area contributed by atoms with Crippen molar-refractivity contribution >= 4 is 20.7 Å². The minimum atomic E-state index is -1.23. The fraction of sp³-hybridized carbons (Fsp3) is 0.571. The summed E-state index contributed by atoms with van der Waals surface area (Å²) in [5.41, 5.74) is 0.192. The third kappa shape index (κ3) is 4.85. The zero-order valence-electron chi connectivity index (χ0n) is 18.9. The molecule has 0 radical (unpaired) electrons. The lowest BCUT2D eigenvalue weighted by molar-refractivity contribution is 0.00578. The molecule has 2 aromatic rings. The fourth-order valence-electron chi connectivity index (χ4n) is 3.15. The van der Waals surface area contributed by atoms with Crippen LogP contribution in [0.1, 0.15) is 27.7 Å². The average molecular weight is 436 g/mol. The zero-order valence-corrected chi connectivity index (χ0v) is 19.9. The second-order valence-electron chi connectivity index (χ2n) is 10.0. The number of hydrogen-bond donors (Lipinski definition) is 0. The van der Waals surface area contributed by atoms with Gasteiger partial charge in [-0.3, -0.25) is 0 Å². The number of ether oxygens (including phenoxy) is 1. The highest BCUT2D eigenvalue weighted by Gasteiger charge is 2.53. The van der Waals surface area contributed by atoms with E-state index in [-0.39, 0.29) is 12.3 Å². The lowest BCUT2D eigenvalue weighted by Gasteiger charge is -2.32. The van der Waals surface area contributed by atoms with E-state index in [1.54, 1.807) is 10.9 Å². The Bertz CT molecular complexity index is 896. The third-order valence-corrected chi connectivity index (χ3v) is 7.48. The SMILES string of the molecule is CC1(C)OB(c2cnn(COCC[Si](C)(C)C)c2-c2ccc(F)cc2F)OC1(C)C. The highest BCUT2D eigenvalue weighted by molar-refractivity contribution is 6.76. The Morgan fingerprint density at radius 3 is 2.30 bits per heavy atom. The number of halogens is 2. The van der Waals surface area contributed by atoms with Gasteiger partial charge < -0.3 is 14.0 Å². The van der Waals surface area contributed by atoms with Gasteiger partial charge in [-0.2, -0.15) is 5.10 Å². The molecule has 1 aromatic carbocycles. The first kappa shape index (κ1) is 23.1. The van der Waals surface area contributed by atoms with Crippen molar-refractivity contribution in [3.05, 3.63) is 36.0 Å². The van der Waals surface area contributed by atoms with Crippen LogP contribution in [-0.4, -0.2) is 42.8 Å². The second-order valence-corrected chi connectivity index (χ2v) is 15.6. The van der Waals surface area contributed by atoms with Crippen molar-refractivity contribution in [1.29, 1.82) is 0 Å². The van der Waals surface area contributed by atoms with Crippen molar-refractivity contribution in [3.8, 4) is 11.3 Å². The predicted molar refractivity (Wildman–Crippen MR) is 117 cm³/mol. The van der Waals surface area contributed by atoms with Crippen LogP contribution in [0.15, 0.2) is 24.4 Å². The summed E-state index contributed by atoms with van der Waals surface area (Å²) >= 11 is 0. The van der Waals surface area contributed by atoms with Gasteiger partial charge in [0.25, 0.3) is 0 Å². The predicted octanol–water partition coefficient (Wildman–Crippen LogP) is 4.44. The highest BCUT2D eigenvalue weighted by atomic mass is 28.3. The van der Waals surface area contributed by atoms with E-state index in [0.717, 1.165) is 12.1 Å². The molecule has 1 aliphatic rings. The van der Waals surface area contributed by atoms with Crippen molar-refractivity contribution in [3.63, 3.8) is 0 Å². The van der Waals surface area contributed by atoms with Crippen molar-refractivity contribution in [2.24, 2.45) is 0 Å². The average Bonchev–Trinajstić information content (AvgIpc) is 3.09. The van der Waals surface area contributed by atoms with Crippen LogP contribution in [0.4, 0.5) is 8.78 Å². The summed E-state index contributed by atoms with van der Waals surface area (Å²) < 4.78 is 48.0. The van der Waals surface area contributed by atoms with Crippen molar-refractivity contribution in [2.45, 2.75) is 71.3 Å². The van der Waals surface area contributed by atoms with Crippen LogP contribution in [0, 0.1) is 11.6 Å². The maximum absolute atomic E-state index is 14.7. The molecular weight excluding hydrogens is 405 g/mol. The second kappa shape index (κ2) is 8.18. The van der Waals surface area contributed by atoms with E-state index in [2.05, 4.69) is 24.7 Å². The van der Waals surface area contributed by atoms with Crippen LogP contribution < -0.4 is 5.46 Å². The number of nitrogens with zero attached hydrogens (tertiary/aromatic N) is 2. The number of rotatable bonds is 7. The topological polar surface area (TPSA) is 45.5 Å². The molecule has 2 heterocycles. The van der Waals surface area contributed by atoms with Gasteiger partial charge in [-0.25, -0.2) is 13.5 Å². The van der Waals surface area contributed by atoms with Gasteiger partial charge >= 0.3 is 7.12 Å². The van der Waals surface area contributed by atoms with Gasteiger partial charge in [-0.1, -0.05) is 19.6 Å². The molecule has 0 bridgehead atoms. The normalized spacial score (nSPS) is 18.2. The summed E-state index contributed by atoms with van der Waals surface area (Å²) in [4.78, 5) is 0. The Morgan fingerprint density at radius 1 is 1.10 bits per heavy atom. The molecule has 9 heteroatoms. The Hall–Kier alpha value is -1.55. The Labute approximate surface area is 178 Å².